The fourth-order valence-electron chi connectivity index (χ4n) is 3.63. The number of carbonyl (C=O) groups excluding carboxylic acids is 4. The van der Waals surface area contributed by atoms with Crippen molar-refractivity contribution in [2.45, 2.75) is 18.3 Å². The molecule has 0 aliphatic carbocycles. The number of ether oxygens (including phenoxy) is 1. The number of primary amides is 1. The normalized spacial score (nSPS) is 24.1. The SMILES string of the molecule is CC(=O)OCC1(C(=O)O)CS[C@@H]2C(N(C(=O)CN)c3ccc(NC(N)=O)cc3)C(=O)N2C1. The molecule has 4 amide bonds. The lowest BCUT2D eigenvalue weighted by molar-refractivity contribution is -0.164. The van der Waals surface area contributed by atoms with Crippen molar-refractivity contribution in [2.75, 3.05) is 35.7 Å². The highest BCUT2D eigenvalue weighted by molar-refractivity contribution is 8.00. The van der Waals surface area contributed by atoms with Gasteiger partial charge in [-0.05, 0) is 24.3 Å². The molecule has 0 bridgehead atoms. The summed E-state index contributed by atoms with van der Waals surface area (Å²) < 4.78 is 4.94. The van der Waals surface area contributed by atoms with Crippen molar-refractivity contribution in [3.05, 3.63) is 24.3 Å². The molecule has 3 atom stereocenters. The number of β-lactam (4-membered cyclic amide) rings is 1. The van der Waals surface area contributed by atoms with Gasteiger partial charge in [0.25, 0.3) is 0 Å². The summed E-state index contributed by atoms with van der Waals surface area (Å²) >= 11 is 1.20. The van der Waals surface area contributed by atoms with Gasteiger partial charge in [0.2, 0.25) is 11.8 Å². The molecule has 1 aromatic rings. The Hall–Kier alpha value is -3.32. The molecule has 32 heavy (non-hydrogen) atoms. The van der Waals surface area contributed by atoms with Gasteiger partial charge in [0.15, 0.2) is 0 Å². The van der Waals surface area contributed by atoms with Crippen LogP contribution in [0.4, 0.5) is 16.2 Å². The first-order chi connectivity index (χ1) is 15.1. The van der Waals surface area contributed by atoms with Gasteiger partial charge in [0.05, 0.1) is 6.54 Å². The number of carboxylic acid groups (broad SMARTS) is 1. The largest absolute Gasteiger partial charge is 0.481 e. The summed E-state index contributed by atoms with van der Waals surface area (Å²) in [5.41, 5.74) is 10.0. The minimum atomic E-state index is -1.43. The summed E-state index contributed by atoms with van der Waals surface area (Å²) in [4.78, 5) is 62.4. The number of aliphatic carboxylic acids is 1. The van der Waals surface area contributed by atoms with Crippen LogP contribution in [0, 0.1) is 5.41 Å². The Kier molecular flexibility index (Phi) is 6.60. The number of carboxylic acids is 1. The number of urea groups is 1. The van der Waals surface area contributed by atoms with Gasteiger partial charge >= 0.3 is 18.0 Å². The van der Waals surface area contributed by atoms with Gasteiger partial charge < -0.3 is 31.5 Å². The maximum atomic E-state index is 13.0. The number of amides is 4. The van der Waals surface area contributed by atoms with E-state index in [4.69, 9.17) is 16.2 Å². The second-order valence-electron chi connectivity index (χ2n) is 7.48. The van der Waals surface area contributed by atoms with Crippen molar-refractivity contribution in [1.29, 1.82) is 0 Å². The number of hydrogen-bond donors (Lipinski definition) is 4. The minimum absolute atomic E-state index is 0.0900. The van der Waals surface area contributed by atoms with E-state index in [2.05, 4.69) is 5.32 Å². The number of nitrogens with one attached hydrogen (secondary N) is 1. The van der Waals surface area contributed by atoms with Crippen LogP contribution in [-0.2, 0) is 23.9 Å². The van der Waals surface area contributed by atoms with Crippen LogP contribution < -0.4 is 21.7 Å². The third-order valence-electron chi connectivity index (χ3n) is 5.26. The molecule has 2 fully saturated rings. The second-order valence-corrected chi connectivity index (χ2v) is 8.59. The molecule has 0 radical (unpaired) electrons. The van der Waals surface area contributed by atoms with Gasteiger partial charge in [-0.25, -0.2) is 4.79 Å². The van der Waals surface area contributed by atoms with E-state index in [0.717, 1.165) is 0 Å². The molecule has 3 rings (SSSR count). The highest BCUT2D eigenvalue weighted by Crippen LogP contribution is 2.45. The number of thioether (sulfide) groups is 1. The Morgan fingerprint density at radius 3 is 2.50 bits per heavy atom. The first-order valence-electron chi connectivity index (χ1n) is 9.57. The summed E-state index contributed by atoms with van der Waals surface area (Å²) in [5.74, 6) is -2.62. The number of benzene rings is 1. The Balaban J connectivity index is 1.82. The molecule has 13 heteroatoms. The molecule has 1 aromatic carbocycles. The van der Waals surface area contributed by atoms with Crippen LogP contribution >= 0.6 is 11.8 Å². The lowest BCUT2D eigenvalue weighted by atomic mass is 9.87. The molecular weight excluding hydrogens is 442 g/mol. The Labute approximate surface area is 187 Å². The van der Waals surface area contributed by atoms with Crippen LogP contribution in [-0.4, -0.2) is 76.7 Å². The highest BCUT2D eigenvalue weighted by Gasteiger charge is 2.60. The zero-order valence-corrected chi connectivity index (χ0v) is 18.0. The maximum absolute atomic E-state index is 13.0. The molecule has 2 heterocycles. The quantitative estimate of drug-likeness (QED) is 0.301. The zero-order chi connectivity index (χ0) is 23.6. The summed E-state index contributed by atoms with van der Waals surface area (Å²) in [6, 6.07) is 4.54. The van der Waals surface area contributed by atoms with E-state index in [1.807, 2.05) is 0 Å². The third kappa shape index (κ3) is 4.34. The summed E-state index contributed by atoms with van der Waals surface area (Å²) in [6.07, 6.45) is 0. The molecule has 0 spiro atoms. The smallest absolute Gasteiger partial charge is 0.316 e. The van der Waals surface area contributed by atoms with Gasteiger partial charge in [0, 0.05) is 30.6 Å². The van der Waals surface area contributed by atoms with Crippen LogP contribution in [0.1, 0.15) is 6.92 Å². The van der Waals surface area contributed by atoms with E-state index in [0.29, 0.717) is 11.4 Å². The van der Waals surface area contributed by atoms with Gasteiger partial charge in [0.1, 0.15) is 23.4 Å². The van der Waals surface area contributed by atoms with Crippen LogP contribution in [0.3, 0.4) is 0 Å². The average molecular weight is 465 g/mol. The number of hydrogen-bond acceptors (Lipinski definition) is 8. The molecule has 172 valence electrons. The van der Waals surface area contributed by atoms with E-state index < -0.39 is 46.6 Å². The van der Waals surface area contributed by atoms with Crippen LogP contribution in [0.15, 0.2) is 24.3 Å². The Morgan fingerprint density at radius 2 is 1.97 bits per heavy atom. The topological polar surface area (TPSA) is 185 Å². The first kappa shape index (κ1) is 23.3. The number of carbonyl (C=O) groups is 5. The lowest BCUT2D eigenvalue weighted by Crippen LogP contribution is -2.75. The molecule has 0 saturated carbocycles. The number of fused-ring (bicyclic) bond motifs is 1. The highest BCUT2D eigenvalue weighted by atomic mass is 32.2. The molecule has 0 aromatic heterocycles. The summed E-state index contributed by atoms with van der Waals surface area (Å²) in [7, 11) is 0. The Morgan fingerprint density at radius 1 is 1.31 bits per heavy atom. The molecule has 6 N–H and O–H groups in total. The van der Waals surface area contributed by atoms with Gasteiger partial charge in [-0.3, -0.25) is 24.1 Å². The lowest BCUT2D eigenvalue weighted by Gasteiger charge is -2.56. The fourth-order valence-corrected chi connectivity index (χ4v) is 5.20. The number of esters is 1. The van der Waals surface area contributed by atoms with Crippen molar-refractivity contribution >= 4 is 52.9 Å². The first-order valence-corrected chi connectivity index (χ1v) is 10.6. The van der Waals surface area contributed by atoms with E-state index in [1.54, 1.807) is 12.1 Å². The predicted octanol–water partition coefficient (Wildman–Crippen LogP) is -0.613. The standard InChI is InChI=1S/C19H23N5O7S/c1-10(25)31-8-19(17(28)29)7-23-15(27)14(16(23)32-9-19)24(13(26)6-20)12-4-2-11(3-5-12)22-18(21)30/h2-5,14,16H,6-9,20H2,1H3,(H,28,29)(H3,21,22,30)/t14?,16-,19?/m1/s1. The van der Waals surface area contributed by atoms with Crippen molar-refractivity contribution in [1.82, 2.24) is 4.90 Å². The monoisotopic (exact) mass is 465 g/mol. The molecule has 12 nitrogen and oxygen atoms in total. The van der Waals surface area contributed by atoms with E-state index >= 15 is 0 Å². The average Bonchev–Trinajstić information content (AvgIpc) is 2.75. The van der Waals surface area contributed by atoms with Crippen molar-refractivity contribution in [2.24, 2.45) is 16.9 Å². The summed E-state index contributed by atoms with van der Waals surface area (Å²) in [6.45, 7) is 0.341. The van der Waals surface area contributed by atoms with E-state index in [-0.39, 0.29) is 25.4 Å². The molecule has 2 saturated heterocycles. The van der Waals surface area contributed by atoms with Crippen LogP contribution in [0.5, 0.6) is 0 Å². The molecule has 2 unspecified atom stereocenters. The summed E-state index contributed by atoms with van der Waals surface area (Å²) in [5, 5.41) is 11.6. The number of nitrogens with zero attached hydrogens (tertiary/aromatic N) is 2. The number of anilines is 2. The van der Waals surface area contributed by atoms with Crippen LogP contribution in [0.25, 0.3) is 0 Å². The van der Waals surface area contributed by atoms with Crippen LogP contribution in [0.2, 0.25) is 0 Å². The predicted molar refractivity (Wildman–Crippen MR) is 115 cm³/mol. The van der Waals surface area contributed by atoms with E-state index in [1.165, 1.54) is 40.6 Å². The van der Waals surface area contributed by atoms with Crippen molar-refractivity contribution < 1.29 is 33.8 Å². The number of rotatable bonds is 7. The Bertz CT molecular complexity index is 956. The number of nitrogens with two attached hydrogens (primary N) is 2. The fraction of sp³-hybridized carbons (Fsp3) is 0.421. The van der Waals surface area contributed by atoms with Gasteiger partial charge in [-0.2, -0.15) is 0 Å². The second kappa shape index (κ2) is 9.04. The van der Waals surface area contributed by atoms with Crippen molar-refractivity contribution in [3.63, 3.8) is 0 Å². The van der Waals surface area contributed by atoms with Gasteiger partial charge in [-0.1, -0.05) is 0 Å². The molecule has 2 aliphatic rings. The molecule has 2 aliphatic heterocycles. The molecular formula is C19H23N5O7S. The van der Waals surface area contributed by atoms with Crippen molar-refractivity contribution in [3.8, 4) is 0 Å². The van der Waals surface area contributed by atoms with Gasteiger partial charge in [-0.15, -0.1) is 11.8 Å². The minimum Gasteiger partial charge on any atom is -0.481 e. The third-order valence-corrected chi connectivity index (χ3v) is 6.83. The van der Waals surface area contributed by atoms with E-state index in [9.17, 15) is 29.1 Å². The zero-order valence-electron chi connectivity index (χ0n) is 17.1. The maximum Gasteiger partial charge on any atom is 0.316 e.